The van der Waals surface area contributed by atoms with Gasteiger partial charge in [0, 0.05) is 20.8 Å². The molecule has 0 saturated heterocycles. The molecular formula is C6H15NO2. The van der Waals surface area contributed by atoms with E-state index in [0.29, 0.717) is 6.73 Å². The highest BCUT2D eigenvalue weighted by molar-refractivity contribution is 4.39. The lowest BCUT2D eigenvalue weighted by molar-refractivity contribution is 0.163. The third-order valence-electron chi connectivity index (χ3n) is 0.948. The normalized spacial score (nSPS) is 10.0. The Hall–Kier alpha value is -0.120. The zero-order chi connectivity index (χ0) is 6.95. The molecule has 3 heteroatoms. The summed E-state index contributed by atoms with van der Waals surface area (Å²) in [5, 5.41) is 3.07. The molecule has 0 unspecified atom stereocenters. The van der Waals surface area contributed by atoms with Crippen molar-refractivity contribution in [3.05, 3.63) is 0 Å². The van der Waals surface area contributed by atoms with Crippen LogP contribution in [0.3, 0.4) is 0 Å². The van der Waals surface area contributed by atoms with Gasteiger partial charge in [-0.05, 0) is 13.0 Å². The molecule has 0 saturated carbocycles. The highest BCUT2D eigenvalue weighted by Gasteiger charge is 1.83. The maximum Gasteiger partial charge on any atom is 0.0961 e. The van der Waals surface area contributed by atoms with E-state index in [4.69, 9.17) is 9.47 Å². The molecule has 0 radical (unpaired) electrons. The molecule has 0 aromatic carbocycles. The van der Waals surface area contributed by atoms with Crippen LogP contribution in [0.15, 0.2) is 0 Å². The quantitative estimate of drug-likeness (QED) is 0.415. The summed E-state index contributed by atoms with van der Waals surface area (Å²) in [6.45, 7) is 2.40. The molecule has 0 aliphatic rings. The largest absolute Gasteiger partial charge is 0.385 e. The van der Waals surface area contributed by atoms with E-state index in [1.54, 1.807) is 14.2 Å². The van der Waals surface area contributed by atoms with Crippen LogP contribution in [0.1, 0.15) is 6.42 Å². The van der Waals surface area contributed by atoms with Crippen molar-refractivity contribution in [3.8, 4) is 0 Å². The number of methoxy groups -OCH3 is 2. The average Bonchev–Trinajstić information content (AvgIpc) is 1.89. The molecule has 0 aliphatic carbocycles. The third kappa shape index (κ3) is 7.88. The molecule has 0 bridgehead atoms. The number of rotatable bonds is 6. The molecule has 9 heavy (non-hydrogen) atoms. The molecule has 0 rings (SSSR count). The summed E-state index contributed by atoms with van der Waals surface area (Å²) in [6, 6.07) is 0. The maximum absolute atomic E-state index is 4.84. The third-order valence-corrected chi connectivity index (χ3v) is 0.948. The van der Waals surface area contributed by atoms with E-state index in [1.807, 2.05) is 0 Å². The fraction of sp³-hybridized carbons (Fsp3) is 1.00. The summed E-state index contributed by atoms with van der Waals surface area (Å²) in [5.41, 5.74) is 0. The van der Waals surface area contributed by atoms with E-state index in [2.05, 4.69) is 5.32 Å². The first-order valence-corrected chi connectivity index (χ1v) is 3.10. The van der Waals surface area contributed by atoms with E-state index < -0.39 is 0 Å². The predicted octanol–water partition coefficient (Wildman–Crippen LogP) is 0.216. The SMILES string of the molecule is COCCCNCOC. The molecule has 0 fully saturated rings. The number of ether oxygens (including phenoxy) is 2. The second-order valence-corrected chi connectivity index (χ2v) is 1.78. The Morgan fingerprint density at radius 1 is 1.22 bits per heavy atom. The topological polar surface area (TPSA) is 30.5 Å². The molecule has 0 aliphatic heterocycles. The Morgan fingerprint density at radius 2 is 2.00 bits per heavy atom. The van der Waals surface area contributed by atoms with Crippen LogP contribution in [0.2, 0.25) is 0 Å². The van der Waals surface area contributed by atoms with Crippen LogP contribution in [-0.4, -0.2) is 34.1 Å². The van der Waals surface area contributed by atoms with Gasteiger partial charge in [-0.25, -0.2) is 0 Å². The van der Waals surface area contributed by atoms with E-state index in [-0.39, 0.29) is 0 Å². The lowest BCUT2D eigenvalue weighted by Crippen LogP contribution is -2.18. The Bertz CT molecular complexity index is 44.3. The van der Waals surface area contributed by atoms with Gasteiger partial charge in [0.05, 0.1) is 6.73 Å². The van der Waals surface area contributed by atoms with Gasteiger partial charge in [0.25, 0.3) is 0 Å². The van der Waals surface area contributed by atoms with Crippen LogP contribution in [0.5, 0.6) is 0 Å². The first-order chi connectivity index (χ1) is 4.41. The van der Waals surface area contributed by atoms with Gasteiger partial charge >= 0.3 is 0 Å². The second kappa shape index (κ2) is 7.88. The maximum atomic E-state index is 4.84. The Kier molecular flexibility index (Phi) is 7.77. The summed E-state index contributed by atoms with van der Waals surface area (Å²) in [6.07, 6.45) is 1.04. The summed E-state index contributed by atoms with van der Waals surface area (Å²) >= 11 is 0. The van der Waals surface area contributed by atoms with Crippen LogP contribution in [0.4, 0.5) is 0 Å². The molecule has 0 spiro atoms. The first-order valence-electron chi connectivity index (χ1n) is 3.10. The van der Waals surface area contributed by atoms with Gasteiger partial charge in [-0.15, -0.1) is 0 Å². The van der Waals surface area contributed by atoms with Crippen LogP contribution in [0, 0.1) is 0 Å². The van der Waals surface area contributed by atoms with Crippen molar-refractivity contribution < 1.29 is 9.47 Å². The molecule has 0 heterocycles. The minimum Gasteiger partial charge on any atom is -0.385 e. The van der Waals surface area contributed by atoms with Gasteiger partial charge in [-0.1, -0.05) is 0 Å². The minimum atomic E-state index is 0.629. The van der Waals surface area contributed by atoms with Gasteiger partial charge in [0.1, 0.15) is 0 Å². The van der Waals surface area contributed by atoms with Gasteiger partial charge < -0.3 is 9.47 Å². The van der Waals surface area contributed by atoms with Crippen molar-refractivity contribution in [1.29, 1.82) is 0 Å². The summed E-state index contributed by atoms with van der Waals surface area (Å²) < 4.78 is 9.61. The fourth-order valence-electron chi connectivity index (χ4n) is 0.516. The van der Waals surface area contributed by atoms with E-state index >= 15 is 0 Å². The first kappa shape index (κ1) is 8.88. The predicted molar refractivity (Wildman–Crippen MR) is 36.4 cm³/mol. The van der Waals surface area contributed by atoms with Crippen molar-refractivity contribution in [1.82, 2.24) is 5.32 Å². The number of nitrogens with one attached hydrogen (secondary N) is 1. The molecule has 0 atom stereocenters. The van der Waals surface area contributed by atoms with Gasteiger partial charge in [0.15, 0.2) is 0 Å². The van der Waals surface area contributed by atoms with Crippen molar-refractivity contribution >= 4 is 0 Å². The van der Waals surface area contributed by atoms with Crippen LogP contribution < -0.4 is 5.32 Å². The van der Waals surface area contributed by atoms with E-state index in [0.717, 1.165) is 19.6 Å². The lowest BCUT2D eigenvalue weighted by atomic mass is 10.4. The smallest absolute Gasteiger partial charge is 0.0961 e. The summed E-state index contributed by atoms with van der Waals surface area (Å²) in [5.74, 6) is 0. The van der Waals surface area contributed by atoms with E-state index in [9.17, 15) is 0 Å². The molecule has 0 aromatic heterocycles. The Labute approximate surface area is 56.3 Å². The zero-order valence-corrected chi connectivity index (χ0v) is 6.14. The van der Waals surface area contributed by atoms with Crippen molar-refractivity contribution in [3.63, 3.8) is 0 Å². The molecule has 0 aromatic rings. The Morgan fingerprint density at radius 3 is 2.56 bits per heavy atom. The standard InChI is InChI=1S/C6H15NO2/c1-8-5-3-4-7-6-9-2/h7H,3-6H2,1-2H3. The Balaban J connectivity index is 2.60. The van der Waals surface area contributed by atoms with Gasteiger partial charge in [0.2, 0.25) is 0 Å². The number of hydrogen-bond donors (Lipinski definition) is 1. The van der Waals surface area contributed by atoms with Crippen LogP contribution in [-0.2, 0) is 9.47 Å². The molecular weight excluding hydrogens is 118 g/mol. The van der Waals surface area contributed by atoms with Gasteiger partial charge in [-0.2, -0.15) is 0 Å². The molecule has 3 nitrogen and oxygen atoms in total. The van der Waals surface area contributed by atoms with E-state index in [1.165, 1.54) is 0 Å². The summed E-state index contributed by atoms with van der Waals surface area (Å²) in [7, 11) is 3.37. The summed E-state index contributed by atoms with van der Waals surface area (Å²) in [4.78, 5) is 0. The molecule has 56 valence electrons. The second-order valence-electron chi connectivity index (χ2n) is 1.78. The average molecular weight is 133 g/mol. The lowest BCUT2D eigenvalue weighted by Gasteiger charge is -2.00. The highest BCUT2D eigenvalue weighted by atomic mass is 16.5. The number of hydrogen-bond acceptors (Lipinski definition) is 3. The van der Waals surface area contributed by atoms with Crippen molar-refractivity contribution in [2.45, 2.75) is 6.42 Å². The fourth-order valence-corrected chi connectivity index (χ4v) is 0.516. The monoisotopic (exact) mass is 133 g/mol. The molecule has 1 N–H and O–H groups in total. The van der Waals surface area contributed by atoms with Gasteiger partial charge in [-0.3, -0.25) is 5.32 Å². The minimum absolute atomic E-state index is 0.629. The van der Waals surface area contributed by atoms with Crippen molar-refractivity contribution in [2.75, 3.05) is 34.1 Å². The van der Waals surface area contributed by atoms with Crippen LogP contribution >= 0.6 is 0 Å². The zero-order valence-electron chi connectivity index (χ0n) is 6.14. The van der Waals surface area contributed by atoms with Crippen molar-refractivity contribution in [2.24, 2.45) is 0 Å². The highest BCUT2D eigenvalue weighted by Crippen LogP contribution is 1.75. The van der Waals surface area contributed by atoms with Crippen LogP contribution in [0.25, 0.3) is 0 Å². The molecule has 0 amide bonds.